The Bertz CT molecular complexity index is 245. The lowest BCUT2D eigenvalue weighted by Gasteiger charge is -2.21. The summed E-state index contributed by atoms with van der Waals surface area (Å²) in [6.07, 6.45) is 8.65. The zero-order chi connectivity index (χ0) is 12.1. The molecule has 0 aliphatic heterocycles. The number of nitrogens with two attached hydrogens (primary N) is 1. The van der Waals surface area contributed by atoms with E-state index >= 15 is 0 Å². The van der Waals surface area contributed by atoms with E-state index in [0.29, 0.717) is 5.84 Å². The molecule has 17 heavy (non-hydrogen) atoms. The van der Waals surface area contributed by atoms with E-state index in [9.17, 15) is 0 Å². The number of nitrogens with zero attached hydrogens (tertiary/aromatic N) is 2. The van der Waals surface area contributed by atoms with E-state index in [2.05, 4.69) is 10.1 Å². The summed E-state index contributed by atoms with van der Waals surface area (Å²) in [5.74, 6) is 2.33. The second kappa shape index (κ2) is 6.24. The molecule has 0 atom stereocenters. The van der Waals surface area contributed by atoms with Gasteiger partial charge in [0.15, 0.2) is 0 Å². The Morgan fingerprint density at radius 2 is 1.71 bits per heavy atom. The molecule has 0 heterocycles. The molecule has 4 heteroatoms. The third-order valence-corrected chi connectivity index (χ3v) is 3.71. The molecule has 0 saturated heterocycles. The van der Waals surface area contributed by atoms with Crippen LogP contribution >= 0.6 is 0 Å². The van der Waals surface area contributed by atoms with Crippen LogP contribution in [0.5, 0.6) is 0 Å². The van der Waals surface area contributed by atoms with Crippen molar-refractivity contribution in [1.82, 2.24) is 4.90 Å². The van der Waals surface area contributed by atoms with E-state index < -0.39 is 0 Å². The van der Waals surface area contributed by atoms with Gasteiger partial charge in [-0.3, -0.25) is 0 Å². The van der Waals surface area contributed by atoms with E-state index in [1.165, 1.54) is 45.3 Å². The molecule has 2 aliphatic carbocycles. The molecule has 2 fully saturated rings. The number of rotatable bonds is 9. The maximum Gasteiger partial charge on any atom is 0.139 e. The maximum atomic E-state index is 8.45. The molecule has 0 aromatic heterocycles. The van der Waals surface area contributed by atoms with Gasteiger partial charge in [-0.2, -0.15) is 0 Å². The highest BCUT2D eigenvalue weighted by Crippen LogP contribution is 2.33. The van der Waals surface area contributed by atoms with Crippen molar-refractivity contribution in [1.29, 1.82) is 0 Å². The van der Waals surface area contributed by atoms with Crippen molar-refractivity contribution >= 4 is 5.84 Å². The highest BCUT2D eigenvalue weighted by Gasteiger charge is 2.28. The van der Waals surface area contributed by atoms with Gasteiger partial charge < -0.3 is 15.8 Å². The van der Waals surface area contributed by atoms with Crippen LogP contribution in [0.2, 0.25) is 0 Å². The summed E-state index contributed by atoms with van der Waals surface area (Å²) in [6, 6.07) is 0. The quantitative estimate of drug-likeness (QED) is 0.213. The number of unbranched alkanes of at least 4 members (excludes halogenated alkanes) is 1. The van der Waals surface area contributed by atoms with Gasteiger partial charge in [0.2, 0.25) is 0 Å². The molecular formula is C13H25N3O. The average Bonchev–Trinajstić information content (AvgIpc) is 3.19. The topological polar surface area (TPSA) is 61.8 Å². The lowest BCUT2D eigenvalue weighted by atomic mass is 10.2. The molecule has 0 unspecified atom stereocenters. The van der Waals surface area contributed by atoms with Crippen LogP contribution in [-0.4, -0.2) is 35.6 Å². The van der Waals surface area contributed by atoms with E-state index in [1.54, 1.807) is 0 Å². The smallest absolute Gasteiger partial charge is 0.139 e. The van der Waals surface area contributed by atoms with Gasteiger partial charge >= 0.3 is 0 Å². The van der Waals surface area contributed by atoms with Crippen molar-refractivity contribution < 1.29 is 5.21 Å². The summed E-state index contributed by atoms with van der Waals surface area (Å²) in [5.41, 5.74) is 5.46. The van der Waals surface area contributed by atoms with Gasteiger partial charge in [-0.1, -0.05) is 5.16 Å². The molecule has 0 radical (unpaired) electrons. The van der Waals surface area contributed by atoms with Crippen LogP contribution in [0.1, 0.15) is 44.9 Å². The van der Waals surface area contributed by atoms with Gasteiger partial charge in [-0.25, -0.2) is 0 Å². The number of hydrogen-bond acceptors (Lipinski definition) is 3. The van der Waals surface area contributed by atoms with Crippen LogP contribution in [0, 0.1) is 11.8 Å². The minimum atomic E-state index is 0.362. The highest BCUT2D eigenvalue weighted by atomic mass is 16.4. The van der Waals surface area contributed by atoms with Crippen LogP contribution in [-0.2, 0) is 0 Å². The highest BCUT2D eigenvalue weighted by molar-refractivity contribution is 5.79. The van der Waals surface area contributed by atoms with Crippen LogP contribution in [0.4, 0.5) is 0 Å². The molecule has 0 spiro atoms. The second-order valence-electron chi connectivity index (χ2n) is 5.69. The predicted molar refractivity (Wildman–Crippen MR) is 69.1 cm³/mol. The normalized spacial score (nSPS) is 21.1. The fraction of sp³-hybridized carbons (Fsp3) is 0.923. The Kier molecular flexibility index (Phi) is 4.66. The van der Waals surface area contributed by atoms with Crippen LogP contribution in [0.25, 0.3) is 0 Å². The summed E-state index contributed by atoms with van der Waals surface area (Å²) in [7, 11) is 0. The zero-order valence-corrected chi connectivity index (χ0v) is 10.6. The Hall–Kier alpha value is -0.770. The Morgan fingerprint density at radius 3 is 2.18 bits per heavy atom. The first-order chi connectivity index (χ1) is 8.28. The first-order valence-electron chi connectivity index (χ1n) is 6.96. The van der Waals surface area contributed by atoms with Gasteiger partial charge in [0, 0.05) is 19.5 Å². The van der Waals surface area contributed by atoms with Crippen LogP contribution in [0.15, 0.2) is 5.16 Å². The lowest BCUT2D eigenvalue weighted by molar-refractivity contribution is 0.248. The van der Waals surface area contributed by atoms with Gasteiger partial charge in [-0.05, 0) is 56.9 Å². The zero-order valence-electron chi connectivity index (χ0n) is 10.6. The Morgan fingerprint density at radius 1 is 1.12 bits per heavy atom. The van der Waals surface area contributed by atoms with Crippen LogP contribution < -0.4 is 5.73 Å². The van der Waals surface area contributed by atoms with Gasteiger partial charge in [0.1, 0.15) is 5.84 Å². The maximum absolute atomic E-state index is 8.45. The summed E-state index contributed by atoms with van der Waals surface area (Å²) in [5, 5.41) is 11.5. The molecular weight excluding hydrogens is 214 g/mol. The van der Waals surface area contributed by atoms with Gasteiger partial charge in [0.25, 0.3) is 0 Å². The monoisotopic (exact) mass is 239 g/mol. The van der Waals surface area contributed by atoms with Crippen molar-refractivity contribution in [2.24, 2.45) is 22.7 Å². The minimum absolute atomic E-state index is 0.362. The molecule has 0 aromatic rings. The van der Waals surface area contributed by atoms with Gasteiger partial charge in [0.05, 0.1) is 0 Å². The van der Waals surface area contributed by atoms with Crippen molar-refractivity contribution in [2.45, 2.75) is 44.9 Å². The first kappa shape index (κ1) is 12.7. The van der Waals surface area contributed by atoms with Gasteiger partial charge in [-0.15, -0.1) is 0 Å². The van der Waals surface area contributed by atoms with Crippen molar-refractivity contribution in [2.75, 3.05) is 19.6 Å². The molecule has 2 aliphatic rings. The summed E-state index contributed by atoms with van der Waals surface area (Å²) >= 11 is 0. The predicted octanol–water partition coefficient (Wildman–Crippen LogP) is 2.03. The number of hydrogen-bond donors (Lipinski definition) is 2. The Balaban J connectivity index is 1.58. The summed E-state index contributed by atoms with van der Waals surface area (Å²) in [4.78, 5) is 2.64. The molecule has 0 bridgehead atoms. The molecule has 0 amide bonds. The number of oxime groups is 1. The third-order valence-electron chi connectivity index (χ3n) is 3.71. The number of amidine groups is 1. The molecule has 3 N–H and O–H groups in total. The average molecular weight is 239 g/mol. The molecule has 2 saturated carbocycles. The fourth-order valence-corrected chi connectivity index (χ4v) is 2.28. The SMILES string of the molecule is NC(CCCCN(CC1CC1)CC1CC1)=NO. The van der Waals surface area contributed by atoms with E-state index in [1.807, 2.05) is 0 Å². The van der Waals surface area contributed by atoms with Crippen molar-refractivity contribution in [3.8, 4) is 0 Å². The van der Waals surface area contributed by atoms with Crippen molar-refractivity contribution in [3.05, 3.63) is 0 Å². The fourth-order valence-electron chi connectivity index (χ4n) is 2.28. The minimum Gasteiger partial charge on any atom is -0.409 e. The largest absolute Gasteiger partial charge is 0.409 e. The Labute approximate surface area is 104 Å². The summed E-state index contributed by atoms with van der Waals surface area (Å²) in [6.45, 7) is 3.80. The molecule has 98 valence electrons. The van der Waals surface area contributed by atoms with Crippen molar-refractivity contribution in [3.63, 3.8) is 0 Å². The lowest BCUT2D eigenvalue weighted by Crippen LogP contribution is -2.29. The standard InChI is InChI=1S/C13H25N3O/c14-13(15-17)3-1-2-8-16(9-11-4-5-11)10-12-6-7-12/h11-12,17H,1-10H2,(H2,14,15). The molecule has 2 rings (SSSR count). The second-order valence-corrected chi connectivity index (χ2v) is 5.69. The first-order valence-corrected chi connectivity index (χ1v) is 6.96. The van der Waals surface area contributed by atoms with E-state index in [0.717, 1.165) is 31.1 Å². The third kappa shape index (κ3) is 5.39. The van der Waals surface area contributed by atoms with E-state index in [4.69, 9.17) is 10.9 Å². The molecule has 0 aromatic carbocycles. The summed E-state index contributed by atoms with van der Waals surface area (Å²) < 4.78 is 0. The van der Waals surface area contributed by atoms with Crippen LogP contribution in [0.3, 0.4) is 0 Å². The molecule has 4 nitrogen and oxygen atoms in total. The van der Waals surface area contributed by atoms with E-state index in [-0.39, 0.29) is 0 Å².